The lowest BCUT2D eigenvalue weighted by molar-refractivity contribution is 0.0859. The summed E-state index contributed by atoms with van der Waals surface area (Å²) in [4.78, 5) is 21.2. The normalized spacial score (nSPS) is 16.7. The third-order valence-corrected chi connectivity index (χ3v) is 4.99. The predicted octanol–water partition coefficient (Wildman–Crippen LogP) is 3.46. The largest absolute Gasteiger partial charge is 0.341 e. The molecule has 2 heterocycles. The van der Waals surface area contributed by atoms with E-state index in [9.17, 15) is 9.18 Å². The van der Waals surface area contributed by atoms with E-state index in [0.717, 1.165) is 37.7 Å². The van der Waals surface area contributed by atoms with E-state index in [-0.39, 0.29) is 11.7 Å². The molecule has 3 aromatic rings. The molecule has 1 aliphatic carbocycles. The molecule has 0 radical (unpaired) electrons. The summed E-state index contributed by atoms with van der Waals surface area (Å²) in [6.45, 7) is 0. The van der Waals surface area contributed by atoms with E-state index in [4.69, 9.17) is 0 Å². The highest BCUT2D eigenvalue weighted by atomic mass is 19.1. The minimum Gasteiger partial charge on any atom is -0.341 e. The van der Waals surface area contributed by atoms with E-state index in [1.54, 1.807) is 35.3 Å². The van der Waals surface area contributed by atoms with Crippen molar-refractivity contribution >= 4 is 11.6 Å². The Kier molecular flexibility index (Phi) is 3.95. The zero-order valence-electron chi connectivity index (χ0n) is 13.8. The number of imidazole rings is 1. The van der Waals surface area contributed by atoms with Crippen molar-refractivity contribution < 1.29 is 9.18 Å². The number of rotatable bonds is 3. The predicted molar refractivity (Wildman–Crippen MR) is 91.6 cm³/mol. The van der Waals surface area contributed by atoms with Crippen molar-refractivity contribution in [2.24, 2.45) is 0 Å². The van der Waals surface area contributed by atoms with E-state index < -0.39 is 5.54 Å². The second kappa shape index (κ2) is 6.27. The topological polar surface area (TPSA) is 59.3 Å². The summed E-state index contributed by atoms with van der Waals surface area (Å²) in [6, 6.07) is 6.56. The Morgan fingerprint density at radius 3 is 2.84 bits per heavy atom. The first-order valence-electron chi connectivity index (χ1n) is 8.54. The van der Waals surface area contributed by atoms with Gasteiger partial charge in [-0.3, -0.25) is 14.2 Å². The van der Waals surface area contributed by atoms with Gasteiger partial charge in [0.1, 0.15) is 11.5 Å². The Hall–Kier alpha value is -2.76. The third kappa shape index (κ3) is 2.88. The Morgan fingerprint density at radius 2 is 2.04 bits per heavy atom. The van der Waals surface area contributed by atoms with Crippen LogP contribution in [-0.2, 0) is 5.54 Å². The molecule has 128 valence electrons. The number of carbonyl (C=O) groups is 1. The third-order valence-electron chi connectivity index (χ3n) is 4.99. The molecule has 5 nitrogen and oxygen atoms in total. The average Bonchev–Trinajstić information content (AvgIpc) is 3.07. The van der Waals surface area contributed by atoms with Crippen LogP contribution in [0.15, 0.2) is 49.1 Å². The zero-order chi connectivity index (χ0) is 17.3. The van der Waals surface area contributed by atoms with Gasteiger partial charge in [0.05, 0.1) is 17.9 Å². The summed E-state index contributed by atoms with van der Waals surface area (Å²) in [5.74, 6) is -0.484. The molecule has 1 aliphatic rings. The van der Waals surface area contributed by atoms with Gasteiger partial charge in [-0.2, -0.15) is 0 Å². The number of nitrogens with one attached hydrogen (secondary N) is 1. The number of nitrogens with zero attached hydrogens (tertiary/aromatic N) is 3. The molecular formula is C19H19FN4O. The van der Waals surface area contributed by atoms with Gasteiger partial charge in [0.15, 0.2) is 5.65 Å². The standard InChI is InChI=1S/C19H19FN4O/c20-15-6-4-5-14(11-15)19(7-2-1-3-8-19)23-18(25)16-12-22-17-13-21-9-10-24(16)17/h4-6,9-13H,1-3,7-8H2,(H,23,25). The maximum Gasteiger partial charge on any atom is 0.270 e. The molecule has 0 saturated heterocycles. The molecule has 1 saturated carbocycles. The highest BCUT2D eigenvalue weighted by Crippen LogP contribution is 2.37. The number of fused-ring (bicyclic) bond motifs is 1. The molecule has 2 aromatic heterocycles. The number of hydrogen-bond donors (Lipinski definition) is 1. The minimum absolute atomic E-state index is 0.204. The molecule has 1 amide bonds. The van der Waals surface area contributed by atoms with Gasteiger partial charge in [0, 0.05) is 12.4 Å². The van der Waals surface area contributed by atoms with Crippen LogP contribution in [0.5, 0.6) is 0 Å². The first-order valence-corrected chi connectivity index (χ1v) is 8.54. The highest BCUT2D eigenvalue weighted by molar-refractivity contribution is 5.93. The maximum atomic E-state index is 13.8. The fraction of sp³-hybridized carbons (Fsp3) is 0.316. The smallest absolute Gasteiger partial charge is 0.270 e. The van der Waals surface area contributed by atoms with Crippen molar-refractivity contribution in [3.63, 3.8) is 0 Å². The van der Waals surface area contributed by atoms with Crippen molar-refractivity contribution in [1.82, 2.24) is 19.7 Å². The van der Waals surface area contributed by atoms with Crippen LogP contribution in [0.25, 0.3) is 5.65 Å². The number of hydrogen-bond acceptors (Lipinski definition) is 3. The molecule has 1 N–H and O–H groups in total. The molecular weight excluding hydrogens is 319 g/mol. The van der Waals surface area contributed by atoms with Crippen molar-refractivity contribution in [3.8, 4) is 0 Å². The first kappa shape index (κ1) is 15.7. The van der Waals surface area contributed by atoms with Gasteiger partial charge in [-0.15, -0.1) is 0 Å². The molecule has 0 aliphatic heterocycles. The van der Waals surface area contributed by atoms with Crippen LogP contribution in [0.4, 0.5) is 4.39 Å². The van der Waals surface area contributed by atoms with Crippen LogP contribution >= 0.6 is 0 Å². The monoisotopic (exact) mass is 338 g/mol. The Balaban J connectivity index is 1.70. The SMILES string of the molecule is O=C(NC1(c2cccc(F)c2)CCCCC1)c1cnc2cnccn12. The summed E-state index contributed by atoms with van der Waals surface area (Å²) >= 11 is 0. The van der Waals surface area contributed by atoms with Gasteiger partial charge >= 0.3 is 0 Å². The van der Waals surface area contributed by atoms with Crippen molar-refractivity contribution in [1.29, 1.82) is 0 Å². The van der Waals surface area contributed by atoms with Gasteiger partial charge in [0.25, 0.3) is 5.91 Å². The van der Waals surface area contributed by atoms with Crippen molar-refractivity contribution in [2.45, 2.75) is 37.6 Å². The Morgan fingerprint density at radius 1 is 1.20 bits per heavy atom. The molecule has 0 spiro atoms. The highest BCUT2D eigenvalue weighted by Gasteiger charge is 2.36. The van der Waals surface area contributed by atoms with Crippen molar-refractivity contribution in [2.75, 3.05) is 0 Å². The zero-order valence-corrected chi connectivity index (χ0v) is 13.8. The quantitative estimate of drug-likeness (QED) is 0.796. The van der Waals surface area contributed by atoms with Crippen LogP contribution in [0.3, 0.4) is 0 Å². The van der Waals surface area contributed by atoms with Gasteiger partial charge in [0.2, 0.25) is 0 Å². The molecule has 1 aromatic carbocycles. The van der Waals surface area contributed by atoms with E-state index >= 15 is 0 Å². The Bertz CT molecular complexity index is 914. The van der Waals surface area contributed by atoms with Gasteiger partial charge in [-0.05, 0) is 30.5 Å². The Labute approximate surface area is 144 Å². The average molecular weight is 338 g/mol. The number of carbonyl (C=O) groups excluding carboxylic acids is 1. The van der Waals surface area contributed by atoms with E-state index in [1.165, 1.54) is 12.1 Å². The van der Waals surface area contributed by atoms with Gasteiger partial charge < -0.3 is 5.32 Å². The molecule has 0 atom stereocenters. The van der Waals surface area contributed by atoms with E-state index in [0.29, 0.717) is 11.3 Å². The molecule has 25 heavy (non-hydrogen) atoms. The van der Waals surface area contributed by atoms with Crippen LogP contribution in [-0.4, -0.2) is 20.3 Å². The second-order valence-corrected chi connectivity index (χ2v) is 6.56. The summed E-state index contributed by atoms with van der Waals surface area (Å²) in [5, 5.41) is 3.18. The molecule has 4 rings (SSSR count). The molecule has 1 fully saturated rings. The lowest BCUT2D eigenvalue weighted by atomic mass is 9.76. The van der Waals surface area contributed by atoms with Gasteiger partial charge in [-0.25, -0.2) is 9.37 Å². The minimum atomic E-state index is -0.533. The first-order chi connectivity index (χ1) is 12.2. The fourth-order valence-electron chi connectivity index (χ4n) is 3.72. The van der Waals surface area contributed by atoms with Crippen LogP contribution in [0.2, 0.25) is 0 Å². The fourth-order valence-corrected chi connectivity index (χ4v) is 3.72. The number of amides is 1. The molecule has 0 unspecified atom stereocenters. The van der Waals surface area contributed by atoms with Gasteiger partial charge in [-0.1, -0.05) is 31.4 Å². The lowest BCUT2D eigenvalue weighted by Gasteiger charge is -2.38. The number of aromatic nitrogens is 3. The maximum absolute atomic E-state index is 13.8. The summed E-state index contributed by atoms with van der Waals surface area (Å²) in [5.41, 5.74) is 1.38. The summed E-state index contributed by atoms with van der Waals surface area (Å²) in [6.07, 6.45) is 11.3. The van der Waals surface area contributed by atoms with Crippen LogP contribution in [0, 0.1) is 5.82 Å². The summed E-state index contributed by atoms with van der Waals surface area (Å²) in [7, 11) is 0. The van der Waals surface area contributed by atoms with Crippen LogP contribution in [0.1, 0.15) is 48.2 Å². The van der Waals surface area contributed by atoms with E-state index in [1.807, 2.05) is 6.07 Å². The lowest BCUT2D eigenvalue weighted by Crippen LogP contribution is -2.47. The number of benzene rings is 1. The number of halogens is 1. The summed E-state index contributed by atoms with van der Waals surface area (Å²) < 4.78 is 15.5. The van der Waals surface area contributed by atoms with Crippen molar-refractivity contribution in [3.05, 3.63) is 66.1 Å². The second-order valence-electron chi connectivity index (χ2n) is 6.56. The van der Waals surface area contributed by atoms with E-state index in [2.05, 4.69) is 15.3 Å². The molecule has 6 heteroatoms. The van der Waals surface area contributed by atoms with Crippen LogP contribution < -0.4 is 5.32 Å². The molecule has 0 bridgehead atoms.